The summed E-state index contributed by atoms with van der Waals surface area (Å²) in [5, 5.41) is 3.47. The molecule has 39 heavy (non-hydrogen) atoms. The fraction of sp³-hybridized carbons (Fsp3) is 0.310. The summed E-state index contributed by atoms with van der Waals surface area (Å²) in [5.41, 5.74) is 1.00. The zero-order chi connectivity index (χ0) is 28.0. The summed E-state index contributed by atoms with van der Waals surface area (Å²) in [7, 11) is -4.17. The number of nitrogens with zero attached hydrogens (tertiary/aromatic N) is 2. The number of sulfonamides is 1. The molecule has 0 heterocycles. The van der Waals surface area contributed by atoms with Crippen LogP contribution in [0.15, 0.2) is 83.8 Å². The monoisotopic (exact) mass is 587 g/mol. The van der Waals surface area contributed by atoms with E-state index < -0.39 is 28.5 Å². The first-order valence-corrected chi connectivity index (χ1v) is 15.0. The Labute approximate surface area is 239 Å². The summed E-state index contributed by atoms with van der Waals surface area (Å²) in [4.78, 5) is 28.6. The topological polar surface area (TPSA) is 86.8 Å². The molecule has 1 fully saturated rings. The van der Waals surface area contributed by atoms with Gasteiger partial charge in [0, 0.05) is 12.6 Å². The van der Waals surface area contributed by atoms with E-state index in [-0.39, 0.29) is 39.1 Å². The number of anilines is 1. The molecule has 0 saturated heterocycles. The van der Waals surface area contributed by atoms with Crippen molar-refractivity contribution in [2.45, 2.75) is 56.1 Å². The Morgan fingerprint density at radius 1 is 0.923 bits per heavy atom. The van der Waals surface area contributed by atoms with Crippen molar-refractivity contribution in [3.05, 3.63) is 94.5 Å². The average molecular weight is 589 g/mol. The van der Waals surface area contributed by atoms with Crippen LogP contribution in [-0.4, -0.2) is 43.8 Å². The molecule has 10 heteroatoms. The molecule has 1 saturated carbocycles. The first-order chi connectivity index (χ1) is 18.7. The van der Waals surface area contributed by atoms with Gasteiger partial charge in [-0.05, 0) is 55.7 Å². The zero-order valence-electron chi connectivity index (χ0n) is 21.6. The quantitative estimate of drug-likeness (QED) is 0.331. The van der Waals surface area contributed by atoms with Crippen LogP contribution in [0, 0.1) is 0 Å². The highest BCUT2D eigenvalue weighted by Crippen LogP contribution is 2.31. The number of carbonyl (C=O) groups is 2. The lowest BCUT2D eigenvalue weighted by molar-refractivity contribution is -0.139. The van der Waals surface area contributed by atoms with E-state index in [0.29, 0.717) is 0 Å². The fourth-order valence-corrected chi connectivity index (χ4v) is 6.36. The summed E-state index contributed by atoms with van der Waals surface area (Å²) in [6.07, 6.45) is 3.93. The first kappa shape index (κ1) is 28.9. The minimum Gasteiger partial charge on any atom is -0.352 e. The molecule has 0 aliphatic heterocycles. The fourth-order valence-electron chi connectivity index (χ4n) is 4.64. The van der Waals surface area contributed by atoms with Crippen LogP contribution in [0.3, 0.4) is 0 Å². The van der Waals surface area contributed by atoms with E-state index in [1.165, 1.54) is 35.2 Å². The summed E-state index contributed by atoms with van der Waals surface area (Å²) in [6, 6.07) is 20.8. The Kier molecular flexibility index (Phi) is 9.53. The van der Waals surface area contributed by atoms with Crippen LogP contribution in [0.4, 0.5) is 5.69 Å². The van der Waals surface area contributed by atoms with Gasteiger partial charge in [0.1, 0.15) is 12.6 Å². The molecule has 0 spiro atoms. The Balaban J connectivity index is 1.68. The molecule has 2 amide bonds. The highest BCUT2D eigenvalue weighted by atomic mass is 35.5. The Morgan fingerprint density at radius 2 is 1.54 bits per heavy atom. The summed E-state index contributed by atoms with van der Waals surface area (Å²) >= 11 is 12.3. The molecule has 1 aliphatic carbocycles. The normalized spacial score (nSPS) is 14.5. The summed E-state index contributed by atoms with van der Waals surface area (Å²) in [5.74, 6) is -0.795. The van der Waals surface area contributed by atoms with Gasteiger partial charge >= 0.3 is 0 Å². The molecule has 206 valence electrons. The maximum atomic E-state index is 13.9. The van der Waals surface area contributed by atoms with E-state index in [2.05, 4.69) is 5.32 Å². The van der Waals surface area contributed by atoms with Gasteiger partial charge in [0.05, 0.1) is 20.6 Å². The van der Waals surface area contributed by atoms with Gasteiger partial charge in [0.15, 0.2) is 0 Å². The van der Waals surface area contributed by atoms with Crippen molar-refractivity contribution in [2.75, 3.05) is 10.8 Å². The van der Waals surface area contributed by atoms with Crippen molar-refractivity contribution in [1.82, 2.24) is 10.2 Å². The third-order valence-corrected chi connectivity index (χ3v) is 9.39. The van der Waals surface area contributed by atoms with Crippen molar-refractivity contribution in [1.29, 1.82) is 0 Å². The minimum absolute atomic E-state index is 0.0190. The number of rotatable bonds is 10. The SMILES string of the molecule is C[C@H](C(=O)NC1CCCC1)N(Cc1ccccc1)C(=O)CN(c1ccc(Cl)c(Cl)c1)S(=O)(=O)c1ccccc1. The van der Waals surface area contributed by atoms with Crippen LogP contribution in [-0.2, 0) is 26.2 Å². The number of benzene rings is 3. The van der Waals surface area contributed by atoms with Crippen molar-refractivity contribution < 1.29 is 18.0 Å². The molecular formula is C29H31Cl2N3O4S. The molecule has 3 aromatic rings. The summed E-state index contributed by atoms with van der Waals surface area (Å²) in [6.45, 7) is 1.27. The maximum Gasteiger partial charge on any atom is 0.264 e. The van der Waals surface area contributed by atoms with Crippen molar-refractivity contribution in [3.63, 3.8) is 0 Å². The van der Waals surface area contributed by atoms with E-state index in [0.717, 1.165) is 35.6 Å². The van der Waals surface area contributed by atoms with E-state index >= 15 is 0 Å². The number of hydrogen-bond acceptors (Lipinski definition) is 4. The number of halogens is 2. The number of nitrogens with one attached hydrogen (secondary N) is 1. The lowest BCUT2D eigenvalue weighted by atomic mass is 10.1. The van der Waals surface area contributed by atoms with Gasteiger partial charge in [-0.3, -0.25) is 13.9 Å². The van der Waals surface area contributed by atoms with Gasteiger partial charge in [0.2, 0.25) is 11.8 Å². The van der Waals surface area contributed by atoms with Crippen LogP contribution < -0.4 is 9.62 Å². The van der Waals surface area contributed by atoms with Gasteiger partial charge in [-0.15, -0.1) is 0 Å². The number of amides is 2. The molecular weight excluding hydrogens is 557 g/mol. The van der Waals surface area contributed by atoms with E-state index in [1.807, 2.05) is 30.3 Å². The molecule has 1 aliphatic rings. The Hall–Kier alpha value is -3.07. The predicted molar refractivity (Wildman–Crippen MR) is 154 cm³/mol. The lowest BCUT2D eigenvalue weighted by Crippen LogP contribution is -2.52. The highest BCUT2D eigenvalue weighted by molar-refractivity contribution is 7.92. The Bertz CT molecular complexity index is 1400. The largest absolute Gasteiger partial charge is 0.352 e. The second kappa shape index (κ2) is 12.9. The van der Waals surface area contributed by atoms with E-state index in [4.69, 9.17) is 23.2 Å². The summed E-state index contributed by atoms with van der Waals surface area (Å²) < 4.78 is 28.6. The predicted octanol–water partition coefficient (Wildman–Crippen LogP) is 5.66. The van der Waals surface area contributed by atoms with Gasteiger partial charge in [-0.25, -0.2) is 8.42 Å². The number of hydrogen-bond donors (Lipinski definition) is 1. The average Bonchev–Trinajstić information content (AvgIpc) is 3.45. The second-order valence-electron chi connectivity index (χ2n) is 9.60. The van der Waals surface area contributed by atoms with E-state index in [9.17, 15) is 18.0 Å². The van der Waals surface area contributed by atoms with Gasteiger partial charge in [0.25, 0.3) is 10.0 Å². The van der Waals surface area contributed by atoms with Crippen molar-refractivity contribution in [3.8, 4) is 0 Å². The molecule has 3 aromatic carbocycles. The highest BCUT2D eigenvalue weighted by Gasteiger charge is 2.33. The molecule has 0 unspecified atom stereocenters. The standard InChI is InChI=1S/C29H31Cl2N3O4S/c1-21(29(36)32-23-12-8-9-13-23)33(19-22-10-4-2-5-11-22)28(35)20-34(24-16-17-26(30)27(31)18-24)39(37,38)25-14-6-3-7-15-25/h2-7,10-11,14-18,21,23H,8-9,12-13,19-20H2,1H3,(H,32,36)/t21-/m1/s1. The van der Waals surface area contributed by atoms with Gasteiger partial charge < -0.3 is 10.2 Å². The molecule has 4 rings (SSSR count). The zero-order valence-corrected chi connectivity index (χ0v) is 23.9. The third kappa shape index (κ3) is 7.12. The maximum absolute atomic E-state index is 13.9. The first-order valence-electron chi connectivity index (χ1n) is 12.8. The van der Waals surface area contributed by atoms with Crippen LogP contribution in [0.25, 0.3) is 0 Å². The van der Waals surface area contributed by atoms with Crippen LogP contribution >= 0.6 is 23.2 Å². The minimum atomic E-state index is -4.17. The van der Waals surface area contributed by atoms with Gasteiger partial charge in [-0.2, -0.15) is 0 Å². The molecule has 1 atom stereocenters. The molecule has 7 nitrogen and oxygen atoms in total. The van der Waals surface area contributed by atoms with Crippen molar-refractivity contribution in [2.24, 2.45) is 0 Å². The van der Waals surface area contributed by atoms with Crippen LogP contribution in [0.2, 0.25) is 10.0 Å². The molecule has 1 N–H and O–H groups in total. The third-order valence-electron chi connectivity index (χ3n) is 6.87. The van der Waals surface area contributed by atoms with Crippen molar-refractivity contribution >= 4 is 50.7 Å². The van der Waals surface area contributed by atoms with Gasteiger partial charge in [-0.1, -0.05) is 84.6 Å². The Morgan fingerprint density at radius 3 is 2.15 bits per heavy atom. The lowest BCUT2D eigenvalue weighted by Gasteiger charge is -2.32. The number of carbonyl (C=O) groups excluding carboxylic acids is 2. The van der Waals surface area contributed by atoms with Crippen LogP contribution in [0.1, 0.15) is 38.2 Å². The second-order valence-corrected chi connectivity index (χ2v) is 12.3. The van der Waals surface area contributed by atoms with Crippen LogP contribution in [0.5, 0.6) is 0 Å². The smallest absolute Gasteiger partial charge is 0.264 e. The van der Waals surface area contributed by atoms with E-state index in [1.54, 1.807) is 25.1 Å². The molecule has 0 radical (unpaired) electrons. The molecule has 0 bridgehead atoms. The molecule has 0 aromatic heterocycles.